The van der Waals surface area contributed by atoms with E-state index >= 15 is 0 Å². The zero-order chi connectivity index (χ0) is 12.5. The van der Waals surface area contributed by atoms with Gasteiger partial charge < -0.3 is 10.3 Å². The quantitative estimate of drug-likeness (QED) is 0.746. The summed E-state index contributed by atoms with van der Waals surface area (Å²) in [6.07, 6.45) is 0. The van der Waals surface area contributed by atoms with Crippen LogP contribution in [0.15, 0.2) is 41.8 Å². The summed E-state index contributed by atoms with van der Waals surface area (Å²) in [7, 11) is 0. The number of thiocarbonyl (C=S) groups is 1. The molecule has 0 fully saturated rings. The monoisotopic (exact) mass is 273 g/mol. The van der Waals surface area contributed by atoms with Crippen LogP contribution in [0.3, 0.4) is 0 Å². The third-order valence-electron chi connectivity index (χ3n) is 2.71. The van der Waals surface area contributed by atoms with Gasteiger partial charge in [0, 0.05) is 0 Å². The van der Waals surface area contributed by atoms with Gasteiger partial charge in [-0.15, -0.1) is 11.3 Å². The summed E-state index contributed by atoms with van der Waals surface area (Å²) in [6.45, 7) is 0.517. The molecule has 5 heteroatoms. The molecule has 2 heterocycles. The van der Waals surface area contributed by atoms with Gasteiger partial charge in [0.25, 0.3) is 0 Å². The van der Waals surface area contributed by atoms with Gasteiger partial charge in [-0.2, -0.15) is 0 Å². The molecule has 3 rings (SSSR count). The average molecular weight is 273 g/mol. The molecule has 90 valence electrons. The van der Waals surface area contributed by atoms with E-state index in [2.05, 4.69) is 15.6 Å². The van der Waals surface area contributed by atoms with E-state index in [0.29, 0.717) is 11.5 Å². The third kappa shape index (κ3) is 1.91. The second kappa shape index (κ2) is 4.51. The number of hydrogen-bond donors (Lipinski definition) is 1. The Kier molecular flexibility index (Phi) is 2.85. The van der Waals surface area contributed by atoms with Gasteiger partial charge in [-0.05, 0) is 23.6 Å². The van der Waals surface area contributed by atoms with E-state index in [9.17, 15) is 0 Å². The van der Waals surface area contributed by atoms with Crippen LogP contribution in [-0.4, -0.2) is 14.5 Å². The SMILES string of the molecule is NC(=S)Cn1c(-c2cccs2)nc2ccccc21. The summed E-state index contributed by atoms with van der Waals surface area (Å²) in [5.74, 6) is 0.930. The van der Waals surface area contributed by atoms with Gasteiger partial charge in [0.15, 0.2) is 5.82 Å². The highest BCUT2D eigenvalue weighted by Crippen LogP contribution is 2.27. The molecule has 0 saturated carbocycles. The minimum Gasteiger partial charge on any atom is -0.392 e. The molecule has 0 bridgehead atoms. The number of para-hydroxylation sites is 2. The Bertz CT molecular complexity index is 698. The van der Waals surface area contributed by atoms with Crippen molar-refractivity contribution in [1.29, 1.82) is 0 Å². The highest BCUT2D eigenvalue weighted by molar-refractivity contribution is 7.80. The highest BCUT2D eigenvalue weighted by atomic mass is 32.1. The Morgan fingerprint density at radius 1 is 1.28 bits per heavy atom. The normalized spacial score (nSPS) is 10.9. The predicted octanol–water partition coefficient (Wildman–Crippen LogP) is 3.05. The molecule has 0 amide bonds. The van der Waals surface area contributed by atoms with Gasteiger partial charge in [0.1, 0.15) is 0 Å². The second-order valence-corrected chi connectivity index (χ2v) is 5.43. The first-order chi connectivity index (χ1) is 8.75. The number of hydrogen-bond acceptors (Lipinski definition) is 3. The maximum absolute atomic E-state index is 5.68. The second-order valence-electron chi connectivity index (χ2n) is 3.95. The molecule has 18 heavy (non-hydrogen) atoms. The van der Waals surface area contributed by atoms with Crippen LogP contribution in [0.1, 0.15) is 0 Å². The zero-order valence-corrected chi connectivity index (χ0v) is 11.2. The van der Waals surface area contributed by atoms with Crippen LogP contribution in [0, 0.1) is 0 Å². The Morgan fingerprint density at radius 3 is 2.83 bits per heavy atom. The van der Waals surface area contributed by atoms with Gasteiger partial charge in [0.2, 0.25) is 0 Å². The van der Waals surface area contributed by atoms with Crippen LogP contribution in [0.5, 0.6) is 0 Å². The Balaban J connectivity index is 2.26. The average Bonchev–Trinajstić information content (AvgIpc) is 2.96. The number of fused-ring (bicyclic) bond motifs is 1. The smallest absolute Gasteiger partial charge is 0.151 e. The third-order valence-corrected chi connectivity index (χ3v) is 3.70. The molecule has 0 spiro atoms. The fraction of sp³-hybridized carbons (Fsp3) is 0.0769. The van der Waals surface area contributed by atoms with Crippen molar-refractivity contribution < 1.29 is 0 Å². The van der Waals surface area contributed by atoms with Crippen LogP contribution in [0.25, 0.3) is 21.7 Å². The van der Waals surface area contributed by atoms with Crippen molar-refractivity contribution in [1.82, 2.24) is 9.55 Å². The first-order valence-electron chi connectivity index (χ1n) is 5.53. The van der Waals surface area contributed by atoms with E-state index in [1.165, 1.54) is 0 Å². The molecule has 2 N–H and O–H groups in total. The van der Waals surface area contributed by atoms with Crippen LogP contribution in [-0.2, 0) is 6.54 Å². The van der Waals surface area contributed by atoms with Crippen LogP contribution >= 0.6 is 23.6 Å². The number of benzene rings is 1. The lowest BCUT2D eigenvalue weighted by atomic mass is 10.3. The standard InChI is InChI=1S/C13H11N3S2/c14-12(17)8-16-10-5-2-1-4-9(10)15-13(16)11-6-3-7-18-11/h1-7H,8H2,(H2,14,17). The lowest BCUT2D eigenvalue weighted by Crippen LogP contribution is -2.17. The van der Waals surface area contributed by atoms with Crippen molar-refractivity contribution in [2.45, 2.75) is 6.54 Å². The number of imidazole rings is 1. The molecule has 0 aliphatic rings. The molecule has 0 saturated heterocycles. The number of nitrogens with two attached hydrogens (primary N) is 1. The molecule has 0 aliphatic carbocycles. The summed E-state index contributed by atoms with van der Waals surface area (Å²) in [4.78, 5) is 6.26. The van der Waals surface area contributed by atoms with Crippen LogP contribution in [0.4, 0.5) is 0 Å². The molecule has 0 atom stereocenters. The van der Waals surface area contributed by atoms with E-state index in [-0.39, 0.29) is 0 Å². The van der Waals surface area contributed by atoms with E-state index in [4.69, 9.17) is 18.0 Å². The molecular weight excluding hydrogens is 262 g/mol. The van der Waals surface area contributed by atoms with E-state index in [0.717, 1.165) is 21.7 Å². The summed E-state index contributed by atoms with van der Waals surface area (Å²) < 4.78 is 2.07. The Hall–Kier alpha value is -1.72. The largest absolute Gasteiger partial charge is 0.392 e. The van der Waals surface area contributed by atoms with Crippen molar-refractivity contribution in [3.05, 3.63) is 41.8 Å². The Labute approximate surface area is 114 Å². The van der Waals surface area contributed by atoms with Crippen molar-refractivity contribution in [3.63, 3.8) is 0 Å². The minimum atomic E-state index is 0.468. The maximum Gasteiger partial charge on any atom is 0.151 e. The van der Waals surface area contributed by atoms with Crippen molar-refractivity contribution in [3.8, 4) is 10.7 Å². The Morgan fingerprint density at radius 2 is 2.11 bits per heavy atom. The first kappa shape index (κ1) is 11.4. The van der Waals surface area contributed by atoms with E-state index < -0.39 is 0 Å². The summed E-state index contributed by atoms with van der Waals surface area (Å²) >= 11 is 6.69. The van der Waals surface area contributed by atoms with Crippen LogP contribution < -0.4 is 5.73 Å². The molecule has 1 aromatic carbocycles. The van der Waals surface area contributed by atoms with Gasteiger partial charge in [-0.25, -0.2) is 4.98 Å². The van der Waals surface area contributed by atoms with Gasteiger partial charge in [0.05, 0.1) is 27.4 Å². The summed E-state index contributed by atoms with van der Waals surface area (Å²) in [5, 5.41) is 2.04. The number of aromatic nitrogens is 2. The van der Waals surface area contributed by atoms with Gasteiger partial charge in [-0.3, -0.25) is 0 Å². The molecular formula is C13H11N3S2. The van der Waals surface area contributed by atoms with Gasteiger partial charge >= 0.3 is 0 Å². The lowest BCUT2D eigenvalue weighted by Gasteiger charge is -2.06. The molecule has 0 radical (unpaired) electrons. The number of rotatable bonds is 3. The molecule has 3 aromatic rings. The van der Waals surface area contributed by atoms with Crippen LogP contribution in [0.2, 0.25) is 0 Å². The van der Waals surface area contributed by atoms with Gasteiger partial charge in [-0.1, -0.05) is 30.4 Å². The molecule has 2 aromatic heterocycles. The van der Waals surface area contributed by atoms with E-state index in [1.807, 2.05) is 35.7 Å². The number of thiophene rings is 1. The molecule has 0 aliphatic heterocycles. The fourth-order valence-electron chi connectivity index (χ4n) is 1.99. The fourth-order valence-corrected chi connectivity index (χ4v) is 2.84. The van der Waals surface area contributed by atoms with Crippen molar-refractivity contribution in [2.24, 2.45) is 5.73 Å². The van der Waals surface area contributed by atoms with Crippen molar-refractivity contribution >= 4 is 39.6 Å². The zero-order valence-electron chi connectivity index (χ0n) is 9.54. The topological polar surface area (TPSA) is 43.8 Å². The highest BCUT2D eigenvalue weighted by Gasteiger charge is 2.13. The minimum absolute atomic E-state index is 0.468. The van der Waals surface area contributed by atoms with E-state index in [1.54, 1.807) is 11.3 Å². The molecule has 0 unspecified atom stereocenters. The van der Waals surface area contributed by atoms with Crippen molar-refractivity contribution in [2.75, 3.05) is 0 Å². The molecule has 3 nitrogen and oxygen atoms in total. The summed E-state index contributed by atoms with van der Waals surface area (Å²) in [6, 6.07) is 12.1. The lowest BCUT2D eigenvalue weighted by molar-refractivity contribution is 0.898. The number of nitrogens with zero attached hydrogens (tertiary/aromatic N) is 2. The maximum atomic E-state index is 5.68. The first-order valence-corrected chi connectivity index (χ1v) is 6.82. The predicted molar refractivity (Wildman–Crippen MR) is 79.8 cm³/mol. The summed E-state index contributed by atoms with van der Waals surface area (Å²) in [5.41, 5.74) is 7.72.